The first-order valence-electron chi connectivity index (χ1n) is 6.03. The molecule has 2 atom stereocenters. The summed E-state index contributed by atoms with van der Waals surface area (Å²) in [4.78, 5) is 4.40. The minimum atomic E-state index is -0.321. The van der Waals surface area contributed by atoms with Crippen molar-refractivity contribution >= 4 is 0 Å². The SMILES string of the molecule is CC(C)NCC(O)C1CCc2cccnc21. The van der Waals surface area contributed by atoms with Crippen molar-refractivity contribution in [2.45, 2.75) is 44.8 Å². The molecule has 0 amide bonds. The zero-order valence-corrected chi connectivity index (χ0v) is 9.98. The summed E-state index contributed by atoms with van der Waals surface area (Å²) in [6.45, 7) is 4.83. The molecule has 0 saturated heterocycles. The van der Waals surface area contributed by atoms with Crippen molar-refractivity contribution in [3.05, 3.63) is 29.6 Å². The fraction of sp³-hybridized carbons (Fsp3) is 0.615. The van der Waals surface area contributed by atoms with E-state index in [0.717, 1.165) is 18.5 Å². The second-order valence-corrected chi connectivity index (χ2v) is 4.82. The standard InChI is InChI=1S/C13H20N2O/c1-9(2)15-8-12(16)11-6-5-10-4-3-7-14-13(10)11/h3-4,7,9,11-12,15-16H,5-6,8H2,1-2H3. The minimum absolute atomic E-state index is 0.211. The third-order valence-corrected chi connectivity index (χ3v) is 3.20. The summed E-state index contributed by atoms with van der Waals surface area (Å²) >= 11 is 0. The number of nitrogens with one attached hydrogen (secondary N) is 1. The molecule has 2 rings (SSSR count). The average Bonchev–Trinajstić information content (AvgIpc) is 2.69. The van der Waals surface area contributed by atoms with Gasteiger partial charge in [0.1, 0.15) is 0 Å². The van der Waals surface area contributed by atoms with E-state index >= 15 is 0 Å². The molecule has 0 spiro atoms. The van der Waals surface area contributed by atoms with Crippen LogP contribution in [0.15, 0.2) is 18.3 Å². The zero-order valence-electron chi connectivity index (χ0n) is 9.98. The van der Waals surface area contributed by atoms with E-state index in [0.29, 0.717) is 12.6 Å². The molecule has 3 heteroatoms. The van der Waals surface area contributed by atoms with E-state index in [1.54, 1.807) is 0 Å². The predicted octanol–water partition coefficient (Wildman–Crippen LogP) is 1.47. The number of aliphatic hydroxyl groups is 1. The van der Waals surface area contributed by atoms with Gasteiger partial charge in [0.2, 0.25) is 0 Å². The third kappa shape index (κ3) is 2.42. The lowest BCUT2D eigenvalue weighted by Gasteiger charge is -2.20. The van der Waals surface area contributed by atoms with Crippen LogP contribution >= 0.6 is 0 Å². The highest BCUT2D eigenvalue weighted by Crippen LogP contribution is 2.33. The lowest BCUT2D eigenvalue weighted by molar-refractivity contribution is 0.136. The van der Waals surface area contributed by atoms with Gasteiger partial charge in [-0.1, -0.05) is 19.9 Å². The first-order chi connectivity index (χ1) is 7.68. The molecule has 0 saturated carbocycles. The topological polar surface area (TPSA) is 45.1 Å². The van der Waals surface area contributed by atoms with Crippen LogP contribution in [0.3, 0.4) is 0 Å². The van der Waals surface area contributed by atoms with Crippen molar-refractivity contribution in [1.29, 1.82) is 0 Å². The lowest BCUT2D eigenvalue weighted by Crippen LogP contribution is -2.35. The summed E-state index contributed by atoms with van der Waals surface area (Å²) in [7, 11) is 0. The highest BCUT2D eigenvalue weighted by atomic mass is 16.3. The minimum Gasteiger partial charge on any atom is -0.391 e. The van der Waals surface area contributed by atoms with Gasteiger partial charge in [-0.15, -0.1) is 0 Å². The molecule has 3 nitrogen and oxygen atoms in total. The molecule has 1 aromatic heterocycles. The smallest absolute Gasteiger partial charge is 0.0748 e. The quantitative estimate of drug-likeness (QED) is 0.807. The number of rotatable bonds is 4. The van der Waals surface area contributed by atoms with E-state index in [-0.39, 0.29) is 12.0 Å². The largest absolute Gasteiger partial charge is 0.391 e. The van der Waals surface area contributed by atoms with Gasteiger partial charge in [-0.25, -0.2) is 0 Å². The maximum absolute atomic E-state index is 10.1. The lowest BCUT2D eigenvalue weighted by atomic mass is 9.99. The number of hydrogen-bond acceptors (Lipinski definition) is 3. The first-order valence-corrected chi connectivity index (χ1v) is 6.03. The molecule has 2 N–H and O–H groups in total. The fourth-order valence-corrected chi connectivity index (χ4v) is 2.32. The van der Waals surface area contributed by atoms with Gasteiger partial charge in [-0.05, 0) is 24.5 Å². The maximum atomic E-state index is 10.1. The molecule has 0 bridgehead atoms. The van der Waals surface area contributed by atoms with Crippen molar-refractivity contribution < 1.29 is 5.11 Å². The van der Waals surface area contributed by atoms with Gasteiger partial charge in [0.15, 0.2) is 0 Å². The first kappa shape index (κ1) is 11.6. The van der Waals surface area contributed by atoms with Crippen LogP contribution in [0, 0.1) is 0 Å². The van der Waals surface area contributed by atoms with E-state index in [4.69, 9.17) is 0 Å². The van der Waals surface area contributed by atoms with Crippen molar-refractivity contribution in [1.82, 2.24) is 10.3 Å². The molecule has 1 aliphatic rings. The van der Waals surface area contributed by atoms with Gasteiger partial charge in [0.05, 0.1) is 6.10 Å². The predicted molar refractivity (Wildman–Crippen MR) is 64.4 cm³/mol. The number of aromatic nitrogens is 1. The second-order valence-electron chi connectivity index (χ2n) is 4.82. The van der Waals surface area contributed by atoms with Crippen LogP contribution in [-0.2, 0) is 6.42 Å². The van der Waals surface area contributed by atoms with Gasteiger partial charge in [0, 0.05) is 30.4 Å². The molecular formula is C13H20N2O. The molecule has 0 radical (unpaired) electrons. The Balaban J connectivity index is 2.01. The molecule has 1 heterocycles. The number of aryl methyl sites for hydroxylation is 1. The van der Waals surface area contributed by atoms with E-state index in [1.807, 2.05) is 12.3 Å². The van der Waals surface area contributed by atoms with Gasteiger partial charge in [0.25, 0.3) is 0 Å². The highest BCUT2D eigenvalue weighted by molar-refractivity contribution is 5.29. The molecule has 1 aromatic rings. The van der Waals surface area contributed by atoms with Crippen molar-refractivity contribution in [2.75, 3.05) is 6.54 Å². The summed E-state index contributed by atoms with van der Waals surface area (Å²) in [6.07, 6.45) is 3.57. The summed E-state index contributed by atoms with van der Waals surface area (Å²) in [5, 5.41) is 13.4. The summed E-state index contributed by atoms with van der Waals surface area (Å²) in [5.41, 5.74) is 2.40. The summed E-state index contributed by atoms with van der Waals surface area (Å²) in [5.74, 6) is 0.211. The Bertz CT molecular complexity index is 352. The maximum Gasteiger partial charge on any atom is 0.0748 e. The van der Waals surface area contributed by atoms with E-state index in [1.165, 1.54) is 5.56 Å². The Hall–Kier alpha value is -0.930. The van der Waals surface area contributed by atoms with Crippen LogP contribution in [0.5, 0.6) is 0 Å². The fourth-order valence-electron chi connectivity index (χ4n) is 2.32. The molecule has 1 aliphatic carbocycles. The number of hydrogen-bond donors (Lipinski definition) is 2. The average molecular weight is 220 g/mol. The van der Waals surface area contributed by atoms with Crippen LogP contribution in [-0.4, -0.2) is 28.8 Å². The molecule has 0 aliphatic heterocycles. The van der Waals surface area contributed by atoms with E-state index in [2.05, 4.69) is 30.2 Å². The number of nitrogens with zero attached hydrogens (tertiary/aromatic N) is 1. The van der Waals surface area contributed by atoms with Crippen LogP contribution < -0.4 is 5.32 Å². The number of fused-ring (bicyclic) bond motifs is 1. The monoisotopic (exact) mass is 220 g/mol. The van der Waals surface area contributed by atoms with Crippen LogP contribution in [0.2, 0.25) is 0 Å². The Kier molecular flexibility index (Phi) is 3.56. The van der Waals surface area contributed by atoms with Gasteiger partial charge < -0.3 is 10.4 Å². The summed E-state index contributed by atoms with van der Waals surface area (Å²) in [6, 6.07) is 4.50. The Morgan fingerprint density at radius 1 is 1.56 bits per heavy atom. The van der Waals surface area contributed by atoms with Crippen LogP contribution in [0.1, 0.15) is 37.4 Å². The van der Waals surface area contributed by atoms with Crippen LogP contribution in [0.4, 0.5) is 0 Å². The molecular weight excluding hydrogens is 200 g/mol. The Labute approximate surface area is 96.9 Å². The highest BCUT2D eigenvalue weighted by Gasteiger charge is 2.29. The zero-order chi connectivity index (χ0) is 11.5. The second kappa shape index (κ2) is 4.93. The molecule has 16 heavy (non-hydrogen) atoms. The molecule has 88 valence electrons. The molecule has 0 aromatic carbocycles. The van der Waals surface area contributed by atoms with E-state index < -0.39 is 0 Å². The Morgan fingerprint density at radius 2 is 2.38 bits per heavy atom. The summed E-state index contributed by atoms with van der Waals surface area (Å²) < 4.78 is 0. The Morgan fingerprint density at radius 3 is 3.12 bits per heavy atom. The van der Waals surface area contributed by atoms with Crippen molar-refractivity contribution in [2.24, 2.45) is 0 Å². The van der Waals surface area contributed by atoms with Gasteiger partial charge in [-0.3, -0.25) is 4.98 Å². The normalized spacial score (nSPS) is 21.1. The third-order valence-electron chi connectivity index (χ3n) is 3.20. The van der Waals surface area contributed by atoms with Crippen molar-refractivity contribution in [3.63, 3.8) is 0 Å². The molecule has 2 unspecified atom stereocenters. The van der Waals surface area contributed by atoms with Crippen LogP contribution in [0.25, 0.3) is 0 Å². The van der Waals surface area contributed by atoms with Gasteiger partial charge in [-0.2, -0.15) is 0 Å². The van der Waals surface area contributed by atoms with Gasteiger partial charge >= 0.3 is 0 Å². The van der Waals surface area contributed by atoms with Crippen molar-refractivity contribution in [3.8, 4) is 0 Å². The number of aliphatic hydroxyl groups excluding tert-OH is 1. The van der Waals surface area contributed by atoms with E-state index in [9.17, 15) is 5.11 Å². The molecule has 0 fully saturated rings. The number of pyridine rings is 1.